The van der Waals surface area contributed by atoms with Crippen LogP contribution in [0.3, 0.4) is 0 Å². The molecule has 0 rings (SSSR count). The van der Waals surface area contributed by atoms with E-state index in [4.69, 9.17) is 13.8 Å². The number of hydrogen-bond acceptors (Lipinski definition) is 8. The lowest BCUT2D eigenvalue weighted by Gasteiger charge is -2.18. The van der Waals surface area contributed by atoms with Gasteiger partial charge < -0.3 is 25.2 Å². The number of aliphatic carboxylic acids is 1. The van der Waals surface area contributed by atoms with E-state index in [1.165, 1.54) is 51.4 Å². The summed E-state index contributed by atoms with van der Waals surface area (Å²) in [7, 11) is -4.77. The third kappa shape index (κ3) is 45.3. The highest BCUT2D eigenvalue weighted by Crippen LogP contribution is 2.43. The molecule has 3 unspecified atom stereocenters. The van der Waals surface area contributed by atoms with Crippen molar-refractivity contribution in [1.82, 2.24) is 5.32 Å². The maximum absolute atomic E-state index is 12.4. The van der Waals surface area contributed by atoms with Crippen LogP contribution in [0.15, 0.2) is 72.9 Å². The highest BCUT2D eigenvalue weighted by Gasteiger charge is 2.28. The molecule has 63 heavy (non-hydrogen) atoms. The molecular weight excluding hydrogens is 818 g/mol. The van der Waals surface area contributed by atoms with Crippen LogP contribution < -0.4 is 5.32 Å². The van der Waals surface area contributed by atoms with Gasteiger partial charge in [0.05, 0.1) is 13.2 Å². The molecule has 0 saturated heterocycles. The summed E-state index contributed by atoms with van der Waals surface area (Å²) in [6.45, 7) is 2.53. The van der Waals surface area contributed by atoms with Crippen molar-refractivity contribution in [2.75, 3.05) is 19.8 Å². The van der Waals surface area contributed by atoms with Crippen LogP contribution in [0.2, 0.25) is 0 Å². The van der Waals surface area contributed by atoms with Gasteiger partial charge in [-0.1, -0.05) is 170 Å². The summed E-state index contributed by atoms with van der Waals surface area (Å²) in [5.74, 6) is -2.41. The Labute approximate surface area is 382 Å². The smallest absolute Gasteiger partial charge is 0.472 e. The van der Waals surface area contributed by atoms with Gasteiger partial charge in [0, 0.05) is 12.8 Å². The first kappa shape index (κ1) is 59.9. The number of amides is 1. The fourth-order valence-electron chi connectivity index (χ4n) is 6.39. The largest absolute Gasteiger partial charge is 0.480 e. The lowest BCUT2D eigenvalue weighted by atomic mass is 10.1. The highest BCUT2D eigenvalue weighted by atomic mass is 31.2. The minimum atomic E-state index is -4.77. The molecule has 0 fully saturated rings. The van der Waals surface area contributed by atoms with E-state index in [-0.39, 0.29) is 12.8 Å². The van der Waals surface area contributed by atoms with Gasteiger partial charge in [-0.15, -0.1) is 0 Å². The number of carboxylic acids is 1. The number of aliphatic hydroxyl groups is 1. The van der Waals surface area contributed by atoms with E-state index in [0.29, 0.717) is 12.8 Å². The lowest BCUT2D eigenvalue weighted by molar-refractivity contribution is -0.147. The van der Waals surface area contributed by atoms with Crippen molar-refractivity contribution in [2.24, 2.45) is 0 Å². The standard InChI is InChI=1S/C51H88NO10P/c1-3-5-7-9-11-13-15-17-19-21-22-23-24-25-26-27-28-30-32-34-36-38-40-42-49(54)52-48(51(56)57)46-62-63(58,59)61-45-47(53)44-60-50(55)43-41-39-37-35-33-31-29-20-18-16-14-12-10-8-6-4-2/h11,13-14,16-17,19-20,22-23,25-26,29,47-48,53H,3-10,12,15,18,21,24,27-28,30-46H2,1-2H3,(H,52,54)(H,56,57)(H,58,59)/b13-11-,16-14-,19-17-,23-22-,26-25-,29-20-. The van der Waals surface area contributed by atoms with Crippen molar-refractivity contribution >= 4 is 25.7 Å². The second kappa shape index (κ2) is 45.5. The summed E-state index contributed by atoms with van der Waals surface area (Å²) in [6, 6.07) is -1.56. The summed E-state index contributed by atoms with van der Waals surface area (Å²) in [6.07, 6.45) is 54.8. The molecule has 0 bridgehead atoms. The quantitative estimate of drug-likeness (QED) is 0.0200. The molecule has 0 saturated carbocycles. The van der Waals surface area contributed by atoms with E-state index in [1.807, 2.05) is 0 Å². The average molecular weight is 906 g/mol. The Kier molecular flexibility index (Phi) is 43.3. The molecular formula is C51H88NO10P. The van der Waals surface area contributed by atoms with E-state index >= 15 is 0 Å². The molecule has 0 radical (unpaired) electrons. The number of nitrogens with one attached hydrogen (secondary N) is 1. The zero-order valence-electron chi connectivity index (χ0n) is 39.4. The van der Waals surface area contributed by atoms with Crippen LogP contribution in [-0.2, 0) is 32.7 Å². The molecule has 0 aromatic carbocycles. The Bertz CT molecular complexity index is 1340. The van der Waals surface area contributed by atoms with Crippen LogP contribution in [0, 0.1) is 0 Å². The number of rotatable bonds is 45. The first-order chi connectivity index (χ1) is 30.6. The molecule has 0 aromatic heterocycles. The van der Waals surface area contributed by atoms with Gasteiger partial charge in [0.15, 0.2) is 6.04 Å². The minimum absolute atomic E-state index is 0.129. The first-order valence-electron chi connectivity index (χ1n) is 24.5. The topological polar surface area (TPSA) is 169 Å². The number of phosphoric acid groups is 1. The molecule has 4 N–H and O–H groups in total. The third-order valence-electron chi connectivity index (χ3n) is 10.2. The number of allylic oxidation sites excluding steroid dienone is 12. The van der Waals surface area contributed by atoms with Crippen molar-refractivity contribution < 1.29 is 47.8 Å². The Morgan fingerprint density at radius 3 is 1.33 bits per heavy atom. The van der Waals surface area contributed by atoms with Gasteiger partial charge in [-0.3, -0.25) is 18.6 Å². The average Bonchev–Trinajstić information content (AvgIpc) is 3.26. The van der Waals surface area contributed by atoms with E-state index < -0.39 is 57.6 Å². The number of ether oxygens (including phenoxy) is 1. The number of carbonyl (C=O) groups excluding carboxylic acids is 2. The van der Waals surface area contributed by atoms with E-state index in [0.717, 1.165) is 109 Å². The van der Waals surface area contributed by atoms with Gasteiger partial charge >= 0.3 is 19.8 Å². The number of hydrogen-bond donors (Lipinski definition) is 4. The summed E-state index contributed by atoms with van der Waals surface area (Å²) >= 11 is 0. The van der Waals surface area contributed by atoms with Crippen molar-refractivity contribution in [2.45, 2.75) is 212 Å². The fraction of sp³-hybridized carbons (Fsp3) is 0.706. The second-order valence-corrected chi connectivity index (χ2v) is 17.7. The third-order valence-corrected chi connectivity index (χ3v) is 11.2. The molecule has 1 amide bonds. The van der Waals surface area contributed by atoms with Gasteiger partial charge in [-0.25, -0.2) is 9.36 Å². The zero-order valence-corrected chi connectivity index (χ0v) is 40.3. The van der Waals surface area contributed by atoms with E-state index in [1.54, 1.807) is 0 Å². The van der Waals surface area contributed by atoms with Crippen LogP contribution in [0.25, 0.3) is 0 Å². The van der Waals surface area contributed by atoms with Crippen LogP contribution in [0.1, 0.15) is 200 Å². The van der Waals surface area contributed by atoms with Gasteiger partial charge in [0.1, 0.15) is 12.7 Å². The van der Waals surface area contributed by atoms with E-state index in [9.17, 15) is 34.1 Å². The predicted octanol–water partition coefficient (Wildman–Crippen LogP) is 13.3. The zero-order chi connectivity index (χ0) is 46.3. The molecule has 12 heteroatoms. The predicted molar refractivity (Wildman–Crippen MR) is 258 cm³/mol. The molecule has 0 aliphatic carbocycles. The number of phosphoric ester groups is 1. The summed E-state index contributed by atoms with van der Waals surface area (Å²) in [4.78, 5) is 46.1. The highest BCUT2D eigenvalue weighted by molar-refractivity contribution is 7.47. The summed E-state index contributed by atoms with van der Waals surface area (Å²) in [5.41, 5.74) is 0. The minimum Gasteiger partial charge on any atom is -0.480 e. The van der Waals surface area contributed by atoms with Crippen LogP contribution in [-0.4, -0.2) is 64.9 Å². The Hall–Kier alpha value is -3.08. The maximum Gasteiger partial charge on any atom is 0.472 e. The monoisotopic (exact) mass is 906 g/mol. The molecule has 362 valence electrons. The Morgan fingerprint density at radius 2 is 0.873 bits per heavy atom. The number of carboxylic acid groups (broad SMARTS) is 1. The molecule has 0 aromatic rings. The van der Waals surface area contributed by atoms with Crippen LogP contribution in [0.4, 0.5) is 0 Å². The summed E-state index contributed by atoms with van der Waals surface area (Å²) in [5, 5.41) is 21.9. The van der Waals surface area contributed by atoms with Crippen molar-refractivity contribution in [3.05, 3.63) is 72.9 Å². The normalized spacial score (nSPS) is 14.2. The number of esters is 1. The summed E-state index contributed by atoms with van der Waals surface area (Å²) < 4.78 is 26.9. The molecule has 3 atom stereocenters. The molecule has 0 aliphatic rings. The molecule has 11 nitrogen and oxygen atoms in total. The SMILES string of the molecule is CCCCC/C=C\C/C=C\C/C=C\C/C=C\CCCCCCCCCC(=O)NC(COP(=O)(O)OCC(O)COC(=O)CCCCCCC/C=C\C/C=C\CCCCCC)C(=O)O. The maximum atomic E-state index is 12.4. The lowest BCUT2D eigenvalue weighted by Crippen LogP contribution is -2.43. The Balaban J connectivity index is 3.92. The van der Waals surface area contributed by atoms with Gasteiger partial charge in [0.2, 0.25) is 5.91 Å². The van der Waals surface area contributed by atoms with Crippen molar-refractivity contribution in [1.29, 1.82) is 0 Å². The van der Waals surface area contributed by atoms with Gasteiger partial charge in [-0.05, 0) is 89.9 Å². The van der Waals surface area contributed by atoms with E-state index in [2.05, 4.69) is 92.1 Å². The number of aliphatic hydroxyl groups excluding tert-OH is 1. The van der Waals surface area contributed by atoms with Crippen LogP contribution in [0.5, 0.6) is 0 Å². The number of unbranched alkanes of at least 4 members (excludes halogenated alkanes) is 19. The molecule has 0 heterocycles. The first-order valence-corrected chi connectivity index (χ1v) is 26.0. The van der Waals surface area contributed by atoms with Crippen molar-refractivity contribution in [3.8, 4) is 0 Å². The Morgan fingerprint density at radius 1 is 0.508 bits per heavy atom. The number of carbonyl (C=O) groups is 3. The van der Waals surface area contributed by atoms with Crippen LogP contribution >= 0.6 is 7.82 Å². The fourth-order valence-corrected chi connectivity index (χ4v) is 7.16. The molecule has 0 aliphatic heterocycles. The second-order valence-electron chi connectivity index (χ2n) is 16.3. The van der Waals surface area contributed by atoms with Gasteiger partial charge in [-0.2, -0.15) is 0 Å². The van der Waals surface area contributed by atoms with Crippen molar-refractivity contribution in [3.63, 3.8) is 0 Å². The molecule has 0 spiro atoms. The van der Waals surface area contributed by atoms with Gasteiger partial charge in [0.25, 0.3) is 0 Å².